The number of rotatable bonds is 4. The summed E-state index contributed by atoms with van der Waals surface area (Å²) in [6.45, 7) is 8.32. The van der Waals surface area contributed by atoms with Gasteiger partial charge in [0.15, 0.2) is 5.82 Å². The number of piperazine rings is 1. The van der Waals surface area contributed by atoms with Crippen molar-refractivity contribution in [2.75, 3.05) is 50.7 Å². The maximum absolute atomic E-state index is 14.1. The fourth-order valence-electron chi connectivity index (χ4n) is 4.51. The minimum Gasteiger partial charge on any atom is -0.371 e. The third-order valence-electron chi connectivity index (χ3n) is 6.33. The Morgan fingerprint density at radius 3 is 2.52 bits per heavy atom. The number of halogens is 2. The first-order valence-electron chi connectivity index (χ1n) is 10.5. The number of carbonyl (C=O) groups is 1. The molecule has 0 atom stereocenters. The molecule has 2 saturated heterocycles. The number of likely N-dealkylation sites (N-methyl/N-ethyl adjacent to an activating group) is 1. The molecule has 4 rings (SSSR count). The Bertz CT molecular complexity index is 874. The molecular weight excluding hydrogens is 374 g/mol. The third-order valence-corrected chi connectivity index (χ3v) is 6.33. The second-order valence-electron chi connectivity index (χ2n) is 8.06. The SMILES string of the molecule is CCN1CCN(C(=O)CC2CCN(c3ccnc4c(F)cc(F)cc34)CC2)CC1. The van der Waals surface area contributed by atoms with Crippen molar-refractivity contribution in [2.45, 2.75) is 26.2 Å². The van der Waals surface area contributed by atoms with Gasteiger partial charge in [0.25, 0.3) is 0 Å². The number of nitrogens with zero attached hydrogens (tertiary/aromatic N) is 4. The van der Waals surface area contributed by atoms with Gasteiger partial charge in [-0.05, 0) is 37.4 Å². The van der Waals surface area contributed by atoms with E-state index in [0.29, 0.717) is 17.7 Å². The van der Waals surface area contributed by atoms with Crippen LogP contribution in [0.4, 0.5) is 14.5 Å². The van der Waals surface area contributed by atoms with Gasteiger partial charge >= 0.3 is 0 Å². The average Bonchev–Trinajstić information content (AvgIpc) is 2.74. The Labute approximate surface area is 170 Å². The van der Waals surface area contributed by atoms with Gasteiger partial charge in [-0.15, -0.1) is 0 Å². The Morgan fingerprint density at radius 1 is 1.10 bits per heavy atom. The van der Waals surface area contributed by atoms with E-state index in [1.54, 1.807) is 6.20 Å². The second-order valence-corrected chi connectivity index (χ2v) is 8.06. The molecule has 5 nitrogen and oxygen atoms in total. The van der Waals surface area contributed by atoms with E-state index in [4.69, 9.17) is 0 Å². The first kappa shape index (κ1) is 20.0. The minimum atomic E-state index is -0.634. The molecule has 29 heavy (non-hydrogen) atoms. The van der Waals surface area contributed by atoms with Gasteiger partial charge in [-0.25, -0.2) is 8.78 Å². The highest BCUT2D eigenvalue weighted by Crippen LogP contribution is 2.32. The molecule has 0 spiro atoms. The first-order chi connectivity index (χ1) is 14.0. The zero-order valence-corrected chi connectivity index (χ0v) is 16.9. The Hall–Kier alpha value is -2.28. The monoisotopic (exact) mass is 402 g/mol. The molecule has 0 bridgehead atoms. The van der Waals surface area contributed by atoms with Crippen LogP contribution in [0.2, 0.25) is 0 Å². The summed E-state index contributed by atoms with van der Waals surface area (Å²) in [6.07, 6.45) is 3.98. The van der Waals surface area contributed by atoms with Crippen LogP contribution in [0, 0.1) is 17.6 Å². The van der Waals surface area contributed by atoms with Gasteiger partial charge in [0.1, 0.15) is 11.3 Å². The van der Waals surface area contributed by atoms with Crippen molar-refractivity contribution in [1.82, 2.24) is 14.8 Å². The summed E-state index contributed by atoms with van der Waals surface area (Å²) in [4.78, 5) is 23.3. The summed E-state index contributed by atoms with van der Waals surface area (Å²) in [7, 11) is 0. The van der Waals surface area contributed by atoms with Gasteiger partial charge < -0.3 is 14.7 Å². The van der Waals surface area contributed by atoms with E-state index >= 15 is 0 Å². The van der Waals surface area contributed by atoms with Crippen molar-refractivity contribution < 1.29 is 13.6 Å². The van der Waals surface area contributed by atoms with Gasteiger partial charge in [0, 0.05) is 69.0 Å². The topological polar surface area (TPSA) is 39.7 Å². The number of benzene rings is 1. The second kappa shape index (κ2) is 8.61. The van der Waals surface area contributed by atoms with Crippen LogP contribution in [-0.4, -0.2) is 66.5 Å². The number of pyridine rings is 1. The standard InChI is InChI=1S/C22H28F2N4O/c1-2-26-9-11-28(12-10-26)21(29)13-16-4-7-27(8-5-16)20-3-6-25-22-18(20)14-17(23)15-19(22)24/h3,6,14-16H,2,4-5,7-13H2,1H3. The molecule has 2 fully saturated rings. The first-order valence-corrected chi connectivity index (χ1v) is 10.5. The van der Waals surface area contributed by atoms with Crippen molar-refractivity contribution in [3.05, 3.63) is 36.0 Å². The predicted octanol–water partition coefficient (Wildman–Crippen LogP) is 3.28. The fraction of sp³-hybridized carbons (Fsp3) is 0.545. The van der Waals surface area contributed by atoms with E-state index in [1.807, 2.05) is 11.0 Å². The van der Waals surface area contributed by atoms with Gasteiger partial charge in [0.05, 0.1) is 0 Å². The van der Waals surface area contributed by atoms with Crippen LogP contribution in [0.3, 0.4) is 0 Å². The van der Waals surface area contributed by atoms with E-state index < -0.39 is 11.6 Å². The molecule has 2 aliphatic rings. The van der Waals surface area contributed by atoms with Crippen molar-refractivity contribution in [3.63, 3.8) is 0 Å². The zero-order valence-electron chi connectivity index (χ0n) is 16.9. The summed E-state index contributed by atoms with van der Waals surface area (Å²) in [6, 6.07) is 4.05. The van der Waals surface area contributed by atoms with Crippen LogP contribution in [0.5, 0.6) is 0 Å². The lowest BCUT2D eigenvalue weighted by atomic mass is 9.92. The highest BCUT2D eigenvalue weighted by Gasteiger charge is 2.26. The molecule has 1 aromatic carbocycles. The minimum absolute atomic E-state index is 0.201. The molecule has 1 aromatic heterocycles. The molecule has 0 unspecified atom stereocenters. The number of hydrogen-bond donors (Lipinski definition) is 0. The van der Waals surface area contributed by atoms with Crippen molar-refractivity contribution in [3.8, 4) is 0 Å². The van der Waals surface area contributed by atoms with Crippen LogP contribution in [0.25, 0.3) is 10.9 Å². The van der Waals surface area contributed by atoms with E-state index in [1.165, 1.54) is 6.07 Å². The number of fused-ring (bicyclic) bond motifs is 1. The normalized spacial score (nSPS) is 19.1. The molecule has 156 valence electrons. The lowest BCUT2D eigenvalue weighted by molar-refractivity contribution is -0.134. The Kier molecular flexibility index (Phi) is 5.94. The van der Waals surface area contributed by atoms with Crippen LogP contribution in [-0.2, 0) is 4.79 Å². The Balaban J connectivity index is 1.37. The van der Waals surface area contributed by atoms with Crippen LogP contribution in [0.1, 0.15) is 26.2 Å². The predicted molar refractivity (Wildman–Crippen MR) is 110 cm³/mol. The van der Waals surface area contributed by atoms with Crippen LogP contribution < -0.4 is 4.90 Å². The van der Waals surface area contributed by atoms with Crippen molar-refractivity contribution >= 4 is 22.5 Å². The summed E-state index contributed by atoms with van der Waals surface area (Å²) in [5.41, 5.74) is 1.02. The van der Waals surface area contributed by atoms with Gasteiger partial charge in [0.2, 0.25) is 5.91 Å². The van der Waals surface area contributed by atoms with E-state index in [-0.39, 0.29) is 11.4 Å². The Morgan fingerprint density at radius 2 is 1.83 bits per heavy atom. The number of amides is 1. The lowest BCUT2D eigenvalue weighted by Crippen LogP contribution is -2.49. The van der Waals surface area contributed by atoms with Crippen molar-refractivity contribution in [1.29, 1.82) is 0 Å². The molecule has 2 aliphatic heterocycles. The molecule has 3 heterocycles. The maximum Gasteiger partial charge on any atom is 0.222 e. The summed E-state index contributed by atoms with van der Waals surface area (Å²) in [5, 5.41) is 0.508. The van der Waals surface area contributed by atoms with Gasteiger partial charge in [-0.3, -0.25) is 9.78 Å². The van der Waals surface area contributed by atoms with Crippen molar-refractivity contribution in [2.24, 2.45) is 5.92 Å². The summed E-state index contributed by atoms with van der Waals surface area (Å²) >= 11 is 0. The van der Waals surface area contributed by atoms with Crippen LogP contribution in [0.15, 0.2) is 24.4 Å². The number of aromatic nitrogens is 1. The molecule has 0 saturated carbocycles. The summed E-state index contributed by atoms with van der Waals surface area (Å²) in [5.74, 6) is -0.597. The van der Waals surface area contributed by atoms with E-state index in [0.717, 1.165) is 70.4 Å². The van der Waals surface area contributed by atoms with E-state index in [2.05, 4.69) is 21.7 Å². The highest BCUT2D eigenvalue weighted by molar-refractivity contribution is 5.92. The number of piperidine rings is 1. The average molecular weight is 402 g/mol. The lowest BCUT2D eigenvalue weighted by Gasteiger charge is -2.37. The van der Waals surface area contributed by atoms with E-state index in [9.17, 15) is 13.6 Å². The van der Waals surface area contributed by atoms with Crippen LogP contribution >= 0.6 is 0 Å². The summed E-state index contributed by atoms with van der Waals surface area (Å²) < 4.78 is 27.8. The van der Waals surface area contributed by atoms with Gasteiger partial charge in [-0.2, -0.15) is 0 Å². The molecule has 7 heteroatoms. The number of anilines is 1. The quantitative estimate of drug-likeness (QED) is 0.787. The number of hydrogen-bond acceptors (Lipinski definition) is 4. The molecular formula is C22H28F2N4O. The highest BCUT2D eigenvalue weighted by atomic mass is 19.1. The van der Waals surface area contributed by atoms with Gasteiger partial charge in [-0.1, -0.05) is 6.92 Å². The smallest absolute Gasteiger partial charge is 0.222 e. The molecule has 2 aromatic rings. The zero-order chi connectivity index (χ0) is 20.4. The molecule has 1 amide bonds. The fourth-order valence-corrected chi connectivity index (χ4v) is 4.51. The molecule has 0 N–H and O–H groups in total. The third kappa shape index (κ3) is 4.34. The molecule has 0 aliphatic carbocycles. The number of carbonyl (C=O) groups excluding carboxylic acids is 1. The maximum atomic E-state index is 14.1. The molecule has 0 radical (unpaired) electrons. The largest absolute Gasteiger partial charge is 0.371 e.